The lowest BCUT2D eigenvalue weighted by Gasteiger charge is -2.14. The molecule has 0 spiro atoms. The molecule has 0 saturated carbocycles. The minimum Gasteiger partial charge on any atom is -0.290 e. The summed E-state index contributed by atoms with van der Waals surface area (Å²) in [6.07, 6.45) is 0.520. The molecule has 0 atom stereocenters. The van der Waals surface area contributed by atoms with Gasteiger partial charge in [0.05, 0.1) is 17.0 Å². The van der Waals surface area contributed by atoms with Crippen LogP contribution in [0.3, 0.4) is 0 Å². The van der Waals surface area contributed by atoms with Gasteiger partial charge in [0.25, 0.3) is 5.56 Å². The first-order valence-corrected chi connectivity index (χ1v) is 9.34. The van der Waals surface area contributed by atoms with Crippen molar-refractivity contribution in [3.63, 3.8) is 0 Å². The van der Waals surface area contributed by atoms with Crippen molar-refractivity contribution < 1.29 is 4.39 Å². The van der Waals surface area contributed by atoms with Gasteiger partial charge in [0, 0.05) is 17.5 Å². The number of hydrogen-bond donors (Lipinski definition) is 1. The maximum atomic E-state index is 15.0. The molecule has 4 aromatic rings. The second-order valence-electron chi connectivity index (χ2n) is 7.25. The van der Waals surface area contributed by atoms with Crippen LogP contribution in [0, 0.1) is 0 Å². The Balaban J connectivity index is 1.96. The van der Waals surface area contributed by atoms with E-state index in [2.05, 4.69) is 5.10 Å². The van der Waals surface area contributed by atoms with E-state index in [4.69, 9.17) is 16.6 Å². The molecule has 2 aromatic carbocycles. The third-order valence-corrected chi connectivity index (χ3v) is 4.88. The van der Waals surface area contributed by atoms with Crippen LogP contribution in [0.25, 0.3) is 16.8 Å². The Bertz CT molecular complexity index is 1190. The molecule has 0 unspecified atom stereocenters. The zero-order chi connectivity index (χ0) is 19.9. The Hall–Kier alpha value is -2.92. The van der Waals surface area contributed by atoms with Crippen molar-refractivity contribution in [1.29, 1.82) is 0 Å². The molecule has 2 heterocycles. The van der Waals surface area contributed by atoms with E-state index in [0.29, 0.717) is 34.0 Å². The van der Waals surface area contributed by atoms with Gasteiger partial charge in [0.15, 0.2) is 5.65 Å². The van der Waals surface area contributed by atoms with Crippen molar-refractivity contribution >= 4 is 17.2 Å². The predicted octanol–water partition coefficient (Wildman–Crippen LogP) is 5.14. The molecule has 6 heteroatoms. The van der Waals surface area contributed by atoms with Crippen LogP contribution in [0.4, 0.5) is 4.39 Å². The van der Waals surface area contributed by atoms with Gasteiger partial charge in [-0.1, -0.05) is 54.1 Å². The van der Waals surface area contributed by atoms with Gasteiger partial charge in [-0.2, -0.15) is 0 Å². The molecule has 0 aliphatic heterocycles. The summed E-state index contributed by atoms with van der Waals surface area (Å²) in [6, 6.07) is 18.4. The number of nitrogens with one attached hydrogen (secondary N) is 1. The van der Waals surface area contributed by atoms with Gasteiger partial charge in [-0.3, -0.25) is 9.89 Å². The van der Waals surface area contributed by atoms with Gasteiger partial charge in [-0.05, 0) is 37.1 Å². The number of H-pyrrole nitrogens is 1. The number of aromatic amines is 1. The lowest BCUT2D eigenvalue weighted by atomic mass is 9.97. The summed E-state index contributed by atoms with van der Waals surface area (Å²) in [5.41, 5.74) is 1.74. The third kappa shape index (κ3) is 3.45. The van der Waals surface area contributed by atoms with Gasteiger partial charge in [-0.25, -0.2) is 13.9 Å². The number of alkyl halides is 1. The topological polar surface area (TPSA) is 50.2 Å². The van der Waals surface area contributed by atoms with E-state index in [1.54, 1.807) is 24.3 Å². The predicted molar refractivity (Wildman–Crippen MR) is 110 cm³/mol. The number of hydrogen-bond acceptors (Lipinski definition) is 2. The van der Waals surface area contributed by atoms with Crippen molar-refractivity contribution in [1.82, 2.24) is 14.6 Å². The maximum absolute atomic E-state index is 15.0. The van der Waals surface area contributed by atoms with E-state index in [1.165, 1.54) is 24.4 Å². The fourth-order valence-electron chi connectivity index (χ4n) is 3.30. The SMILES string of the molecule is CC(C)(F)c1[nH]n2c(=O)cc(Cc3ccccc3)nc2c1-c1ccc(Cl)cc1. The lowest BCUT2D eigenvalue weighted by molar-refractivity contribution is 0.214. The zero-order valence-electron chi connectivity index (χ0n) is 15.5. The fraction of sp³-hybridized carbons (Fsp3) is 0.182. The van der Waals surface area contributed by atoms with Crippen molar-refractivity contribution in [3.8, 4) is 11.1 Å². The normalized spacial score (nSPS) is 11.9. The summed E-state index contributed by atoms with van der Waals surface area (Å²) in [4.78, 5) is 17.4. The van der Waals surface area contributed by atoms with Crippen molar-refractivity contribution in [2.45, 2.75) is 25.9 Å². The molecule has 2 aromatic heterocycles. The Labute approximate surface area is 166 Å². The standard InChI is InChI=1S/C22H19ClFN3O/c1-22(2,24)20-19(15-8-10-16(23)11-9-15)21-25-17(13-18(28)27(21)26-20)12-14-6-4-3-5-7-14/h3-11,13,26H,12H2,1-2H3. The Morgan fingerprint density at radius 1 is 1.11 bits per heavy atom. The van der Waals surface area contributed by atoms with E-state index in [1.807, 2.05) is 30.3 Å². The van der Waals surface area contributed by atoms with E-state index < -0.39 is 5.67 Å². The second kappa shape index (κ2) is 6.91. The zero-order valence-corrected chi connectivity index (χ0v) is 16.3. The molecule has 0 radical (unpaired) electrons. The van der Waals surface area contributed by atoms with Crippen molar-refractivity contribution in [2.75, 3.05) is 0 Å². The highest BCUT2D eigenvalue weighted by atomic mass is 35.5. The molecule has 4 nitrogen and oxygen atoms in total. The number of rotatable bonds is 4. The van der Waals surface area contributed by atoms with E-state index in [-0.39, 0.29) is 5.56 Å². The number of benzene rings is 2. The number of fused-ring (bicyclic) bond motifs is 1. The molecule has 0 aliphatic rings. The van der Waals surface area contributed by atoms with E-state index in [0.717, 1.165) is 11.1 Å². The van der Waals surface area contributed by atoms with Crippen LogP contribution in [-0.4, -0.2) is 14.6 Å². The van der Waals surface area contributed by atoms with Gasteiger partial charge in [0.2, 0.25) is 0 Å². The molecular weight excluding hydrogens is 377 g/mol. The average molecular weight is 396 g/mol. The molecule has 4 rings (SSSR count). The van der Waals surface area contributed by atoms with Crippen LogP contribution >= 0.6 is 11.6 Å². The summed E-state index contributed by atoms with van der Waals surface area (Å²) in [7, 11) is 0. The first kappa shape index (κ1) is 18.4. The Morgan fingerprint density at radius 2 is 1.79 bits per heavy atom. The molecule has 0 fully saturated rings. The summed E-state index contributed by atoms with van der Waals surface area (Å²) in [6.45, 7) is 2.90. The molecule has 0 bridgehead atoms. The van der Waals surface area contributed by atoms with Crippen LogP contribution in [0.5, 0.6) is 0 Å². The molecule has 0 amide bonds. The highest BCUT2D eigenvalue weighted by Gasteiger charge is 2.29. The lowest BCUT2D eigenvalue weighted by Crippen LogP contribution is -2.17. The third-order valence-electron chi connectivity index (χ3n) is 4.62. The largest absolute Gasteiger partial charge is 0.290 e. The van der Waals surface area contributed by atoms with Crippen molar-refractivity contribution in [3.05, 3.63) is 93.0 Å². The maximum Gasteiger partial charge on any atom is 0.272 e. The van der Waals surface area contributed by atoms with Crippen molar-refractivity contribution in [2.24, 2.45) is 0 Å². The second-order valence-corrected chi connectivity index (χ2v) is 7.68. The first-order chi connectivity index (χ1) is 13.3. The van der Waals surface area contributed by atoms with E-state index >= 15 is 0 Å². The minimum absolute atomic E-state index is 0.276. The van der Waals surface area contributed by atoms with Gasteiger partial charge >= 0.3 is 0 Å². The number of halogens is 2. The van der Waals surface area contributed by atoms with Crippen LogP contribution < -0.4 is 5.56 Å². The highest BCUT2D eigenvalue weighted by molar-refractivity contribution is 6.30. The average Bonchev–Trinajstić information content (AvgIpc) is 3.04. The van der Waals surface area contributed by atoms with Crippen LogP contribution in [0.15, 0.2) is 65.5 Å². The minimum atomic E-state index is -1.69. The quantitative estimate of drug-likeness (QED) is 0.520. The highest BCUT2D eigenvalue weighted by Crippen LogP contribution is 2.36. The summed E-state index contributed by atoms with van der Waals surface area (Å²) >= 11 is 6.01. The molecule has 1 N–H and O–H groups in total. The molecular formula is C22H19ClFN3O. The Kier molecular flexibility index (Phi) is 4.55. The molecule has 0 aliphatic carbocycles. The monoisotopic (exact) mass is 395 g/mol. The van der Waals surface area contributed by atoms with E-state index in [9.17, 15) is 9.18 Å². The molecule has 28 heavy (non-hydrogen) atoms. The van der Waals surface area contributed by atoms with Gasteiger partial charge in [0.1, 0.15) is 5.67 Å². The Morgan fingerprint density at radius 3 is 2.43 bits per heavy atom. The van der Waals surface area contributed by atoms with Crippen LogP contribution in [0.1, 0.15) is 30.8 Å². The van der Waals surface area contributed by atoms with Gasteiger partial charge in [-0.15, -0.1) is 0 Å². The van der Waals surface area contributed by atoms with Gasteiger partial charge < -0.3 is 0 Å². The smallest absolute Gasteiger partial charge is 0.272 e. The van der Waals surface area contributed by atoms with Crippen LogP contribution in [0.2, 0.25) is 5.02 Å². The first-order valence-electron chi connectivity index (χ1n) is 8.97. The molecule has 0 saturated heterocycles. The number of nitrogens with zero attached hydrogens (tertiary/aromatic N) is 2. The number of aromatic nitrogens is 3. The fourth-order valence-corrected chi connectivity index (χ4v) is 3.43. The van der Waals surface area contributed by atoms with Crippen LogP contribution in [-0.2, 0) is 12.1 Å². The summed E-state index contributed by atoms with van der Waals surface area (Å²) in [5.74, 6) is 0. The summed E-state index contributed by atoms with van der Waals surface area (Å²) in [5, 5.41) is 3.49. The molecule has 142 valence electrons. The summed E-state index contributed by atoms with van der Waals surface area (Å²) < 4.78 is 16.3.